The van der Waals surface area contributed by atoms with E-state index >= 15 is 0 Å². The van der Waals surface area contributed by atoms with E-state index < -0.39 is 6.04 Å². The summed E-state index contributed by atoms with van der Waals surface area (Å²) in [5.74, 6) is 0.225. The minimum atomic E-state index is -0.480. The second kappa shape index (κ2) is 6.18. The van der Waals surface area contributed by atoms with E-state index in [9.17, 15) is 9.59 Å². The van der Waals surface area contributed by atoms with Crippen LogP contribution in [0.1, 0.15) is 40.5 Å². The molecule has 1 saturated heterocycles. The lowest BCUT2D eigenvalue weighted by Crippen LogP contribution is -2.51. The third kappa shape index (κ3) is 5.49. The molecule has 1 aliphatic heterocycles. The highest BCUT2D eigenvalue weighted by Gasteiger charge is 2.23. The van der Waals surface area contributed by atoms with Gasteiger partial charge in [0.05, 0.1) is 0 Å². The highest BCUT2D eigenvalue weighted by atomic mass is 16.2. The summed E-state index contributed by atoms with van der Waals surface area (Å²) < 4.78 is 0. The van der Waals surface area contributed by atoms with Gasteiger partial charge in [0, 0.05) is 12.0 Å². The van der Waals surface area contributed by atoms with Crippen molar-refractivity contribution in [3.05, 3.63) is 0 Å². The fraction of sp³-hybridized carbons (Fsp3) is 0.846. The number of rotatable bonds is 4. The smallest absolute Gasteiger partial charge is 0.242 e. The zero-order chi connectivity index (χ0) is 13.8. The van der Waals surface area contributed by atoms with Gasteiger partial charge in [-0.05, 0) is 53.1 Å². The quantitative estimate of drug-likeness (QED) is 0.681. The molecule has 0 radical (unpaired) electrons. The zero-order valence-electron chi connectivity index (χ0n) is 11.8. The number of nitrogens with one attached hydrogen (secondary N) is 3. The molecule has 0 spiro atoms. The maximum atomic E-state index is 11.8. The van der Waals surface area contributed by atoms with Crippen molar-refractivity contribution in [2.45, 2.75) is 52.1 Å². The van der Waals surface area contributed by atoms with Crippen molar-refractivity contribution in [1.29, 1.82) is 0 Å². The number of carbonyl (C=O) groups is 2. The lowest BCUT2D eigenvalue weighted by Gasteiger charge is -2.24. The van der Waals surface area contributed by atoms with Crippen LogP contribution in [-0.2, 0) is 9.59 Å². The Bertz CT molecular complexity index is 304. The summed E-state index contributed by atoms with van der Waals surface area (Å²) in [4.78, 5) is 23.6. The second-order valence-electron chi connectivity index (χ2n) is 6.09. The highest BCUT2D eigenvalue weighted by Crippen LogP contribution is 2.11. The topological polar surface area (TPSA) is 70.2 Å². The average Bonchev–Trinajstić information content (AvgIpc) is 2.67. The maximum absolute atomic E-state index is 11.8. The molecule has 1 fully saturated rings. The number of amides is 2. The van der Waals surface area contributed by atoms with Gasteiger partial charge in [-0.3, -0.25) is 9.59 Å². The van der Waals surface area contributed by atoms with Gasteiger partial charge in [-0.25, -0.2) is 0 Å². The van der Waals surface area contributed by atoms with Crippen LogP contribution in [0.3, 0.4) is 0 Å². The summed E-state index contributed by atoms with van der Waals surface area (Å²) in [5, 5.41) is 8.83. The SMILES string of the molecule is CC(NC(=O)CC1CCNC1)C(=O)NC(C)(C)C. The molecule has 0 aromatic heterocycles. The van der Waals surface area contributed by atoms with Crippen molar-refractivity contribution < 1.29 is 9.59 Å². The van der Waals surface area contributed by atoms with Crippen LogP contribution in [0.15, 0.2) is 0 Å². The van der Waals surface area contributed by atoms with E-state index in [0.29, 0.717) is 12.3 Å². The molecule has 0 bridgehead atoms. The Hall–Kier alpha value is -1.10. The molecule has 0 aromatic rings. The van der Waals surface area contributed by atoms with Crippen LogP contribution in [0.25, 0.3) is 0 Å². The Labute approximate surface area is 109 Å². The van der Waals surface area contributed by atoms with E-state index in [2.05, 4.69) is 16.0 Å². The largest absolute Gasteiger partial charge is 0.350 e. The third-order valence-electron chi connectivity index (χ3n) is 2.91. The highest BCUT2D eigenvalue weighted by molar-refractivity contribution is 5.87. The first-order valence-corrected chi connectivity index (χ1v) is 6.60. The van der Waals surface area contributed by atoms with Gasteiger partial charge in [0.1, 0.15) is 6.04 Å². The molecule has 2 atom stereocenters. The van der Waals surface area contributed by atoms with E-state index in [1.807, 2.05) is 20.8 Å². The zero-order valence-corrected chi connectivity index (χ0v) is 11.8. The van der Waals surface area contributed by atoms with Gasteiger partial charge in [0.25, 0.3) is 0 Å². The first kappa shape index (κ1) is 15.0. The maximum Gasteiger partial charge on any atom is 0.242 e. The first-order valence-electron chi connectivity index (χ1n) is 6.60. The summed E-state index contributed by atoms with van der Waals surface area (Å²) in [7, 11) is 0. The Morgan fingerprint density at radius 2 is 2.06 bits per heavy atom. The molecule has 104 valence electrons. The molecule has 0 aromatic carbocycles. The molecule has 1 heterocycles. The average molecular weight is 255 g/mol. The van der Waals surface area contributed by atoms with Gasteiger partial charge in [-0.2, -0.15) is 0 Å². The Balaban J connectivity index is 2.31. The molecule has 2 unspecified atom stereocenters. The van der Waals surface area contributed by atoms with Crippen LogP contribution in [-0.4, -0.2) is 36.5 Å². The van der Waals surface area contributed by atoms with Gasteiger partial charge in [0.2, 0.25) is 11.8 Å². The van der Waals surface area contributed by atoms with Crippen molar-refractivity contribution in [3.63, 3.8) is 0 Å². The van der Waals surface area contributed by atoms with Crippen LogP contribution < -0.4 is 16.0 Å². The van der Waals surface area contributed by atoms with Crippen molar-refractivity contribution >= 4 is 11.8 Å². The molecular weight excluding hydrogens is 230 g/mol. The second-order valence-corrected chi connectivity index (χ2v) is 6.09. The van der Waals surface area contributed by atoms with Gasteiger partial charge in [0.15, 0.2) is 0 Å². The molecule has 0 aliphatic carbocycles. The Morgan fingerprint density at radius 1 is 1.39 bits per heavy atom. The van der Waals surface area contributed by atoms with Crippen LogP contribution in [0.2, 0.25) is 0 Å². The minimum Gasteiger partial charge on any atom is -0.350 e. The van der Waals surface area contributed by atoms with E-state index in [0.717, 1.165) is 19.5 Å². The standard InChI is InChI=1S/C13H25N3O2/c1-9(12(18)16-13(2,3)4)15-11(17)7-10-5-6-14-8-10/h9-10,14H,5-8H2,1-4H3,(H,15,17)(H,16,18). The van der Waals surface area contributed by atoms with Crippen LogP contribution in [0.5, 0.6) is 0 Å². The number of hydrogen-bond donors (Lipinski definition) is 3. The van der Waals surface area contributed by atoms with Gasteiger partial charge in [-0.15, -0.1) is 0 Å². The Morgan fingerprint density at radius 3 is 2.56 bits per heavy atom. The molecule has 2 amide bonds. The van der Waals surface area contributed by atoms with Crippen LogP contribution in [0.4, 0.5) is 0 Å². The summed E-state index contributed by atoms with van der Waals surface area (Å²) in [6, 6.07) is -0.480. The van der Waals surface area contributed by atoms with Gasteiger partial charge < -0.3 is 16.0 Å². The van der Waals surface area contributed by atoms with Crippen molar-refractivity contribution in [3.8, 4) is 0 Å². The summed E-state index contributed by atoms with van der Waals surface area (Å²) in [6.45, 7) is 9.36. The normalized spacial score (nSPS) is 21.4. The van der Waals surface area contributed by atoms with E-state index in [-0.39, 0.29) is 17.4 Å². The fourth-order valence-corrected chi connectivity index (χ4v) is 1.99. The molecular formula is C13H25N3O2. The molecule has 1 aliphatic rings. The fourth-order valence-electron chi connectivity index (χ4n) is 1.99. The predicted octanol–water partition coefficient (Wildman–Crippen LogP) is 0.405. The number of carbonyl (C=O) groups excluding carboxylic acids is 2. The van der Waals surface area contributed by atoms with E-state index in [1.165, 1.54) is 0 Å². The summed E-state index contributed by atoms with van der Waals surface area (Å²) >= 11 is 0. The lowest BCUT2D eigenvalue weighted by molar-refractivity contribution is -0.129. The molecule has 0 saturated carbocycles. The summed E-state index contributed by atoms with van der Waals surface area (Å²) in [6.07, 6.45) is 1.54. The predicted molar refractivity (Wildman–Crippen MR) is 71.1 cm³/mol. The van der Waals surface area contributed by atoms with Crippen molar-refractivity contribution in [2.75, 3.05) is 13.1 Å². The number of hydrogen-bond acceptors (Lipinski definition) is 3. The van der Waals surface area contributed by atoms with E-state index in [4.69, 9.17) is 0 Å². The first-order chi connectivity index (χ1) is 8.28. The monoisotopic (exact) mass is 255 g/mol. The van der Waals surface area contributed by atoms with E-state index in [1.54, 1.807) is 6.92 Å². The Kier molecular flexibility index (Phi) is 5.14. The van der Waals surface area contributed by atoms with Crippen LogP contribution in [0, 0.1) is 5.92 Å². The summed E-state index contributed by atoms with van der Waals surface area (Å²) in [5.41, 5.74) is -0.272. The van der Waals surface area contributed by atoms with Gasteiger partial charge >= 0.3 is 0 Å². The van der Waals surface area contributed by atoms with Gasteiger partial charge in [-0.1, -0.05) is 0 Å². The molecule has 18 heavy (non-hydrogen) atoms. The van der Waals surface area contributed by atoms with Crippen molar-refractivity contribution in [1.82, 2.24) is 16.0 Å². The third-order valence-corrected chi connectivity index (χ3v) is 2.91. The molecule has 5 nitrogen and oxygen atoms in total. The van der Waals surface area contributed by atoms with Crippen LogP contribution >= 0.6 is 0 Å². The lowest BCUT2D eigenvalue weighted by atomic mass is 10.0. The minimum absolute atomic E-state index is 0.0414. The molecule has 5 heteroatoms. The molecule has 3 N–H and O–H groups in total. The van der Waals surface area contributed by atoms with Crippen molar-refractivity contribution in [2.24, 2.45) is 5.92 Å². The molecule has 1 rings (SSSR count).